The first kappa shape index (κ1) is 12.1. The Labute approximate surface area is 107 Å². The summed E-state index contributed by atoms with van der Waals surface area (Å²) in [5.74, 6) is 0.553. The van der Waals surface area contributed by atoms with Crippen LogP contribution in [0, 0.1) is 6.92 Å². The van der Waals surface area contributed by atoms with Gasteiger partial charge in [0.25, 0.3) is 10.0 Å². The number of benzene rings is 1. The molecule has 0 bridgehead atoms. The van der Waals surface area contributed by atoms with Gasteiger partial charge in [0.05, 0.1) is 11.9 Å². The molecule has 0 aliphatic rings. The van der Waals surface area contributed by atoms with Crippen LogP contribution in [0.1, 0.15) is 5.82 Å². The first-order valence-corrected chi connectivity index (χ1v) is 7.05. The topological polar surface area (TPSA) is 74.8 Å². The Morgan fingerprint density at radius 2 is 2.06 bits per heavy atom. The molecule has 1 aromatic carbocycles. The fraction of sp³-hybridized carbons (Fsp3) is 0.100. The second kappa shape index (κ2) is 4.50. The minimum Gasteiger partial charge on any atom is -0.332 e. The number of para-hydroxylation sites is 1. The van der Waals surface area contributed by atoms with E-state index in [1.54, 1.807) is 25.1 Å². The molecule has 0 amide bonds. The average Bonchev–Trinajstić information content (AvgIpc) is 2.69. The summed E-state index contributed by atoms with van der Waals surface area (Å²) < 4.78 is 27.1. The fourth-order valence-corrected chi connectivity index (χ4v) is 2.84. The highest BCUT2D eigenvalue weighted by atomic mass is 79.9. The molecule has 0 saturated heterocycles. The molecule has 0 aliphatic carbocycles. The van der Waals surface area contributed by atoms with Gasteiger partial charge in [-0.3, -0.25) is 4.72 Å². The van der Waals surface area contributed by atoms with E-state index >= 15 is 0 Å². The van der Waals surface area contributed by atoms with Gasteiger partial charge in [0.15, 0.2) is 5.03 Å². The molecule has 2 rings (SSSR count). The number of anilines is 1. The number of hydrogen-bond acceptors (Lipinski definition) is 3. The van der Waals surface area contributed by atoms with Crippen molar-refractivity contribution in [2.24, 2.45) is 0 Å². The van der Waals surface area contributed by atoms with E-state index < -0.39 is 10.0 Å². The Hall–Kier alpha value is -1.34. The molecule has 2 aromatic rings. The molecule has 0 unspecified atom stereocenters. The standard InChI is InChI=1S/C10H10BrN3O2S/c1-7-12-6-10(13-7)17(15,16)14-9-5-3-2-4-8(9)11/h2-6,14H,1H3,(H,12,13). The highest BCUT2D eigenvalue weighted by molar-refractivity contribution is 9.10. The molecular formula is C10H10BrN3O2S. The van der Waals surface area contributed by atoms with E-state index in [1.807, 2.05) is 6.07 Å². The minimum absolute atomic E-state index is 0.0470. The molecule has 0 aliphatic heterocycles. The molecule has 0 radical (unpaired) electrons. The van der Waals surface area contributed by atoms with E-state index in [0.29, 0.717) is 16.0 Å². The number of halogens is 1. The Kier molecular flexibility index (Phi) is 3.21. The van der Waals surface area contributed by atoms with Crippen molar-refractivity contribution in [3.8, 4) is 0 Å². The van der Waals surface area contributed by atoms with Crippen LogP contribution in [0.2, 0.25) is 0 Å². The van der Waals surface area contributed by atoms with Crippen LogP contribution in [0.4, 0.5) is 5.69 Å². The zero-order chi connectivity index (χ0) is 12.5. The van der Waals surface area contributed by atoms with Crippen molar-refractivity contribution in [1.29, 1.82) is 0 Å². The van der Waals surface area contributed by atoms with Gasteiger partial charge in [-0.25, -0.2) is 4.98 Å². The number of rotatable bonds is 3. The van der Waals surface area contributed by atoms with Crippen LogP contribution >= 0.6 is 15.9 Å². The molecule has 2 N–H and O–H groups in total. The highest BCUT2D eigenvalue weighted by Crippen LogP contribution is 2.23. The summed E-state index contributed by atoms with van der Waals surface area (Å²) in [7, 11) is -3.61. The van der Waals surface area contributed by atoms with E-state index in [1.165, 1.54) is 6.20 Å². The molecule has 0 atom stereocenters. The number of aromatic nitrogens is 2. The van der Waals surface area contributed by atoms with Gasteiger partial charge in [-0.1, -0.05) is 12.1 Å². The van der Waals surface area contributed by atoms with Gasteiger partial charge >= 0.3 is 0 Å². The van der Waals surface area contributed by atoms with Crippen LogP contribution in [-0.2, 0) is 10.0 Å². The van der Waals surface area contributed by atoms with Crippen molar-refractivity contribution < 1.29 is 8.42 Å². The number of aromatic amines is 1. The predicted octanol–water partition coefficient (Wildman–Crippen LogP) is 2.28. The summed E-state index contributed by atoms with van der Waals surface area (Å²) in [6.45, 7) is 1.69. The highest BCUT2D eigenvalue weighted by Gasteiger charge is 2.17. The Bertz CT molecular complexity index is 637. The van der Waals surface area contributed by atoms with Crippen LogP contribution in [0.15, 0.2) is 40.0 Å². The van der Waals surface area contributed by atoms with E-state index in [4.69, 9.17) is 0 Å². The fourth-order valence-electron chi connectivity index (χ4n) is 1.28. The molecule has 0 spiro atoms. The van der Waals surface area contributed by atoms with Gasteiger partial charge in [-0.05, 0) is 35.0 Å². The SMILES string of the molecule is Cc1ncc(S(=O)(=O)Nc2ccccc2Br)[nH]1. The maximum absolute atomic E-state index is 12.0. The molecule has 0 saturated carbocycles. The van der Waals surface area contributed by atoms with Crippen LogP contribution in [0.5, 0.6) is 0 Å². The summed E-state index contributed by atoms with van der Waals surface area (Å²) in [5, 5.41) is 0.0470. The summed E-state index contributed by atoms with van der Waals surface area (Å²) in [5.41, 5.74) is 0.486. The molecule has 90 valence electrons. The molecule has 1 aromatic heterocycles. The van der Waals surface area contributed by atoms with Crippen molar-refractivity contribution in [3.05, 3.63) is 40.8 Å². The van der Waals surface area contributed by atoms with Crippen molar-refractivity contribution in [2.75, 3.05) is 4.72 Å². The van der Waals surface area contributed by atoms with Crippen LogP contribution in [0.25, 0.3) is 0 Å². The molecule has 17 heavy (non-hydrogen) atoms. The van der Waals surface area contributed by atoms with Crippen LogP contribution in [0.3, 0.4) is 0 Å². The lowest BCUT2D eigenvalue weighted by Gasteiger charge is -2.07. The lowest BCUT2D eigenvalue weighted by atomic mass is 10.3. The molecule has 5 nitrogen and oxygen atoms in total. The van der Waals surface area contributed by atoms with Crippen molar-refractivity contribution in [1.82, 2.24) is 9.97 Å². The first-order chi connectivity index (χ1) is 7.99. The van der Waals surface area contributed by atoms with Gasteiger partial charge < -0.3 is 4.98 Å². The maximum atomic E-state index is 12.0. The zero-order valence-corrected chi connectivity index (χ0v) is 11.3. The third-order valence-electron chi connectivity index (χ3n) is 2.09. The van der Waals surface area contributed by atoms with E-state index in [-0.39, 0.29) is 5.03 Å². The number of H-pyrrole nitrogens is 1. The smallest absolute Gasteiger partial charge is 0.279 e. The molecule has 7 heteroatoms. The largest absolute Gasteiger partial charge is 0.332 e. The van der Waals surface area contributed by atoms with Gasteiger partial charge in [0.1, 0.15) is 5.82 Å². The third-order valence-corrected chi connectivity index (χ3v) is 4.05. The maximum Gasteiger partial charge on any atom is 0.279 e. The average molecular weight is 316 g/mol. The Morgan fingerprint density at radius 3 is 2.65 bits per heavy atom. The minimum atomic E-state index is -3.61. The number of hydrogen-bond donors (Lipinski definition) is 2. The van der Waals surface area contributed by atoms with Crippen molar-refractivity contribution in [2.45, 2.75) is 11.9 Å². The van der Waals surface area contributed by atoms with Gasteiger partial charge in [-0.15, -0.1) is 0 Å². The normalized spacial score (nSPS) is 11.4. The predicted molar refractivity (Wildman–Crippen MR) is 68.3 cm³/mol. The molecule has 0 fully saturated rings. The van der Waals surface area contributed by atoms with E-state index in [2.05, 4.69) is 30.6 Å². The van der Waals surface area contributed by atoms with Gasteiger partial charge in [-0.2, -0.15) is 8.42 Å². The second-order valence-electron chi connectivity index (χ2n) is 3.42. The molecule has 1 heterocycles. The molecular weight excluding hydrogens is 306 g/mol. The number of sulfonamides is 1. The van der Waals surface area contributed by atoms with Crippen molar-refractivity contribution in [3.63, 3.8) is 0 Å². The number of nitrogens with one attached hydrogen (secondary N) is 2. The van der Waals surface area contributed by atoms with Gasteiger partial charge in [0, 0.05) is 4.47 Å². The van der Waals surface area contributed by atoms with Crippen molar-refractivity contribution >= 4 is 31.6 Å². The Morgan fingerprint density at radius 1 is 1.35 bits per heavy atom. The van der Waals surface area contributed by atoms with Crippen LogP contribution in [-0.4, -0.2) is 18.4 Å². The van der Waals surface area contributed by atoms with E-state index in [0.717, 1.165) is 0 Å². The lowest BCUT2D eigenvalue weighted by Crippen LogP contribution is -2.13. The summed E-state index contributed by atoms with van der Waals surface area (Å²) >= 11 is 3.27. The lowest BCUT2D eigenvalue weighted by molar-refractivity contribution is 0.598. The Balaban J connectivity index is 2.33. The first-order valence-electron chi connectivity index (χ1n) is 4.78. The zero-order valence-electron chi connectivity index (χ0n) is 8.94. The summed E-state index contributed by atoms with van der Waals surface area (Å²) in [6.07, 6.45) is 1.29. The quantitative estimate of drug-likeness (QED) is 0.912. The second-order valence-corrected chi connectivity index (χ2v) is 5.92. The third kappa shape index (κ3) is 2.67. The number of nitrogens with zero attached hydrogens (tertiary/aromatic N) is 1. The number of aryl methyl sites for hydroxylation is 1. The van der Waals surface area contributed by atoms with Crippen LogP contribution < -0.4 is 4.72 Å². The monoisotopic (exact) mass is 315 g/mol. The van der Waals surface area contributed by atoms with E-state index in [9.17, 15) is 8.42 Å². The summed E-state index contributed by atoms with van der Waals surface area (Å²) in [6, 6.07) is 6.99. The summed E-state index contributed by atoms with van der Waals surface area (Å²) in [4.78, 5) is 6.54. The van der Waals surface area contributed by atoms with Gasteiger partial charge in [0.2, 0.25) is 0 Å². The number of imidazole rings is 1.